The van der Waals surface area contributed by atoms with E-state index in [9.17, 15) is 19.0 Å². The van der Waals surface area contributed by atoms with Gasteiger partial charge in [0.1, 0.15) is 6.61 Å². The minimum absolute atomic E-state index is 0.0408. The molecule has 0 fully saturated rings. The van der Waals surface area contributed by atoms with Gasteiger partial charge >= 0.3 is 19.8 Å². The van der Waals surface area contributed by atoms with Crippen LogP contribution in [0.25, 0.3) is 0 Å². The molecule has 0 amide bonds. The normalized spacial score (nSPS) is 14.2. The third-order valence-electron chi connectivity index (χ3n) is 8.02. The molecule has 3 N–H and O–H groups in total. The Kier molecular flexibility index (Phi) is 37.8. The maximum atomic E-state index is 12.6. The molecule has 308 valence electrons. The lowest BCUT2D eigenvalue weighted by molar-refractivity contribution is -0.161. The molecule has 10 heteroatoms. The van der Waals surface area contributed by atoms with Crippen molar-refractivity contribution in [3.05, 3.63) is 85.1 Å². The highest BCUT2D eigenvalue weighted by Gasteiger charge is 2.25. The molecule has 0 radical (unpaired) electrons. The number of carbonyl (C=O) groups excluding carboxylic acids is 2. The predicted molar refractivity (Wildman–Crippen MR) is 224 cm³/mol. The van der Waals surface area contributed by atoms with Crippen LogP contribution in [0, 0.1) is 0 Å². The van der Waals surface area contributed by atoms with Crippen molar-refractivity contribution in [1.29, 1.82) is 0 Å². The van der Waals surface area contributed by atoms with E-state index in [0.717, 1.165) is 96.3 Å². The molecule has 0 aliphatic heterocycles. The number of hydrogen-bond donors (Lipinski definition) is 2. The average molecular weight is 776 g/mol. The van der Waals surface area contributed by atoms with Gasteiger partial charge in [-0.15, -0.1) is 0 Å². The first-order valence-electron chi connectivity index (χ1n) is 20.6. The molecule has 0 bridgehead atoms. The molecule has 0 aliphatic rings. The minimum atomic E-state index is -4.39. The number of esters is 2. The standard InChI is InChI=1S/C44H74NO8P/c1-3-5-7-9-11-13-15-17-19-20-21-22-23-25-27-29-31-33-35-37-44(47)53-42(41-52-54(48,49)51-39-38-45)40-50-43(46)36-34-32-30-28-26-24-18-16-14-12-10-8-6-4-2/h5,7,10-13,16-19,21-22,25,27,42H,3-4,6,8-9,14-15,20,23-24,26,28-41,45H2,1-2H3,(H,48,49)/b7-5-,12-10-,13-11-,18-16-,19-17-,22-21-,27-25-. The molecule has 9 nitrogen and oxygen atoms in total. The van der Waals surface area contributed by atoms with E-state index in [0.29, 0.717) is 12.8 Å². The Morgan fingerprint density at radius 2 is 1.02 bits per heavy atom. The molecule has 0 heterocycles. The van der Waals surface area contributed by atoms with Gasteiger partial charge in [0.25, 0.3) is 0 Å². The summed E-state index contributed by atoms with van der Waals surface area (Å²) in [5.41, 5.74) is 5.34. The van der Waals surface area contributed by atoms with Crippen LogP contribution < -0.4 is 5.73 Å². The summed E-state index contributed by atoms with van der Waals surface area (Å²) in [6, 6.07) is 0. The SMILES string of the molecule is CC/C=C\C/C=C\C/C=C\C/C=C\C/C=C\CCCCCC(=O)OC(COC(=O)CCCCCCC/C=C\C/C=C\CCCC)COP(=O)(O)OCCN. The molecule has 0 saturated heterocycles. The van der Waals surface area contributed by atoms with Crippen LogP contribution in [0.5, 0.6) is 0 Å². The van der Waals surface area contributed by atoms with Crippen LogP contribution in [0.1, 0.15) is 149 Å². The summed E-state index contributed by atoms with van der Waals surface area (Å²) in [7, 11) is -4.39. The molecule has 0 aromatic carbocycles. The number of unbranched alkanes of at least 4 members (excludes halogenated alkanes) is 10. The van der Waals surface area contributed by atoms with E-state index in [4.69, 9.17) is 24.3 Å². The zero-order chi connectivity index (χ0) is 39.6. The second-order valence-corrected chi connectivity index (χ2v) is 14.6. The van der Waals surface area contributed by atoms with Crippen molar-refractivity contribution in [2.45, 2.75) is 155 Å². The third-order valence-corrected chi connectivity index (χ3v) is 9.00. The van der Waals surface area contributed by atoms with Gasteiger partial charge < -0.3 is 20.1 Å². The molecule has 54 heavy (non-hydrogen) atoms. The van der Waals surface area contributed by atoms with E-state index in [1.165, 1.54) is 12.8 Å². The van der Waals surface area contributed by atoms with E-state index in [-0.39, 0.29) is 32.6 Å². The molecule has 0 rings (SSSR count). The lowest BCUT2D eigenvalue weighted by atomic mass is 10.1. The van der Waals surface area contributed by atoms with Crippen molar-refractivity contribution in [2.24, 2.45) is 5.73 Å². The van der Waals surface area contributed by atoms with Gasteiger partial charge in [0, 0.05) is 19.4 Å². The van der Waals surface area contributed by atoms with Crippen molar-refractivity contribution >= 4 is 19.8 Å². The highest BCUT2D eigenvalue weighted by atomic mass is 31.2. The van der Waals surface area contributed by atoms with E-state index in [2.05, 4.69) is 98.9 Å². The Hall–Kier alpha value is -2.81. The topological polar surface area (TPSA) is 134 Å². The summed E-state index contributed by atoms with van der Waals surface area (Å²) in [6.45, 7) is 3.49. The maximum absolute atomic E-state index is 12.6. The van der Waals surface area contributed by atoms with Crippen LogP contribution in [-0.4, -0.2) is 49.3 Å². The van der Waals surface area contributed by atoms with Crippen LogP contribution in [0.15, 0.2) is 85.1 Å². The molecular formula is C44H74NO8P. The van der Waals surface area contributed by atoms with Gasteiger partial charge in [-0.05, 0) is 83.5 Å². The summed E-state index contributed by atoms with van der Waals surface area (Å²) < 4.78 is 32.7. The summed E-state index contributed by atoms with van der Waals surface area (Å²) in [6.07, 6.45) is 48.9. The molecule has 0 aromatic heterocycles. The fraction of sp³-hybridized carbons (Fsp3) is 0.636. The molecule has 0 aliphatic carbocycles. The number of allylic oxidation sites excluding steroid dienone is 14. The van der Waals surface area contributed by atoms with Crippen molar-refractivity contribution < 1.29 is 37.6 Å². The first kappa shape index (κ1) is 51.2. The van der Waals surface area contributed by atoms with Crippen molar-refractivity contribution in [1.82, 2.24) is 0 Å². The number of rotatable bonds is 37. The Bertz CT molecular complexity index is 1160. The minimum Gasteiger partial charge on any atom is -0.462 e. The van der Waals surface area contributed by atoms with E-state index in [1.54, 1.807) is 0 Å². The monoisotopic (exact) mass is 776 g/mol. The maximum Gasteiger partial charge on any atom is 0.472 e. The van der Waals surface area contributed by atoms with Gasteiger partial charge in [-0.1, -0.05) is 137 Å². The van der Waals surface area contributed by atoms with Gasteiger partial charge in [-0.3, -0.25) is 18.6 Å². The van der Waals surface area contributed by atoms with Crippen LogP contribution in [-0.2, 0) is 32.7 Å². The Morgan fingerprint density at radius 3 is 1.54 bits per heavy atom. The number of phosphoric ester groups is 1. The summed E-state index contributed by atoms with van der Waals surface area (Å²) >= 11 is 0. The summed E-state index contributed by atoms with van der Waals surface area (Å²) in [5, 5.41) is 0. The van der Waals surface area contributed by atoms with Crippen molar-refractivity contribution in [3.63, 3.8) is 0 Å². The lowest BCUT2D eigenvalue weighted by Crippen LogP contribution is -2.29. The smallest absolute Gasteiger partial charge is 0.462 e. The van der Waals surface area contributed by atoms with Crippen LogP contribution >= 0.6 is 7.82 Å². The Labute approximate surface area is 328 Å². The van der Waals surface area contributed by atoms with E-state index >= 15 is 0 Å². The second-order valence-electron chi connectivity index (χ2n) is 13.1. The quantitative estimate of drug-likeness (QED) is 0.0274. The van der Waals surface area contributed by atoms with Gasteiger partial charge in [-0.2, -0.15) is 0 Å². The van der Waals surface area contributed by atoms with Crippen LogP contribution in [0.2, 0.25) is 0 Å². The van der Waals surface area contributed by atoms with Crippen molar-refractivity contribution in [3.8, 4) is 0 Å². The fourth-order valence-corrected chi connectivity index (χ4v) is 5.73. The van der Waals surface area contributed by atoms with Crippen LogP contribution in [0.4, 0.5) is 0 Å². The van der Waals surface area contributed by atoms with Gasteiger partial charge in [0.15, 0.2) is 6.10 Å². The summed E-state index contributed by atoms with van der Waals surface area (Å²) in [4.78, 5) is 34.8. The molecular weight excluding hydrogens is 701 g/mol. The zero-order valence-electron chi connectivity index (χ0n) is 33.7. The average Bonchev–Trinajstić information content (AvgIpc) is 3.16. The van der Waals surface area contributed by atoms with Crippen LogP contribution in [0.3, 0.4) is 0 Å². The van der Waals surface area contributed by atoms with Crippen molar-refractivity contribution in [2.75, 3.05) is 26.4 Å². The molecule has 2 atom stereocenters. The fourth-order valence-electron chi connectivity index (χ4n) is 4.97. The highest BCUT2D eigenvalue weighted by Crippen LogP contribution is 2.43. The van der Waals surface area contributed by atoms with E-state index < -0.39 is 32.5 Å². The number of carbonyl (C=O) groups is 2. The Balaban J connectivity index is 4.30. The van der Waals surface area contributed by atoms with E-state index in [1.807, 2.05) is 0 Å². The number of ether oxygens (including phenoxy) is 2. The molecule has 0 spiro atoms. The molecule has 2 unspecified atom stereocenters. The Morgan fingerprint density at radius 1 is 0.574 bits per heavy atom. The second kappa shape index (κ2) is 39.9. The number of phosphoric acid groups is 1. The summed E-state index contributed by atoms with van der Waals surface area (Å²) in [5.74, 6) is -0.893. The van der Waals surface area contributed by atoms with Gasteiger partial charge in [0.05, 0.1) is 13.2 Å². The molecule has 0 saturated carbocycles. The third kappa shape index (κ3) is 38.9. The predicted octanol–water partition coefficient (Wildman–Crippen LogP) is 11.7. The van der Waals surface area contributed by atoms with Gasteiger partial charge in [-0.25, -0.2) is 4.57 Å². The highest BCUT2D eigenvalue weighted by molar-refractivity contribution is 7.47. The number of nitrogens with two attached hydrogens (primary N) is 1. The largest absolute Gasteiger partial charge is 0.472 e. The first-order valence-corrected chi connectivity index (χ1v) is 22.1. The number of hydrogen-bond acceptors (Lipinski definition) is 8. The first-order chi connectivity index (χ1) is 26.3. The molecule has 0 aromatic rings. The lowest BCUT2D eigenvalue weighted by Gasteiger charge is -2.19. The van der Waals surface area contributed by atoms with Gasteiger partial charge in [0.2, 0.25) is 0 Å². The zero-order valence-corrected chi connectivity index (χ0v) is 34.6.